The quantitative estimate of drug-likeness (QED) is 0.596. The van der Waals surface area contributed by atoms with Gasteiger partial charge >= 0.3 is 5.69 Å². The SMILES string of the molecule is C=C(C)/C=c1/[nH]c(=O)[nH]/c1=C/C. The third kappa shape index (κ3) is 1.75. The maximum absolute atomic E-state index is 10.9. The number of imidazole rings is 1. The van der Waals surface area contributed by atoms with Gasteiger partial charge in [-0.25, -0.2) is 4.79 Å². The predicted octanol–water partition coefficient (Wildman–Crippen LogP) is -0.140. The average molecular weight is 164 g/mol. The van der Waals surface area contributed by atoms with E-state index in [4.69, 9.17) is 0 Å². The van der Waals surface area contributed by atoms with Gasteiger partial charge < -0.3 is 9.97 Å². The van der Waals surface area contributed by atoms with Crippen molar-refractivity contribution < 1.29 is 0 Å². The predicted molar refractivity (Wildman–Crippen MR) is 50.1 cm³/mol. The van der Waals surface area contributed by atoms with Gasteiger partial charge in [-0.05, 0) is 19.9 Å². The van der Waals surface area contributed by atoms with Crippen LogP contribution in [0.3, 0.4) is 0 Å². The molecule has 0 saturated heterocycles. The summed E-state index contributed by atoms with van der Waals surface area (Å²) >= 11 is 0. The molecule has 0 aliphatic carbocycles. The maximum atomic E-state index is 10.9. The fourth-order valence-electron chi connectivity index (χ4n) is 0.998. The largest absolute Gasteiger partial charge is 0.323 e. The van der Waals surface area contributed by atoms with E-state index in [1.165, 1.54) is 0 Å². The zero-order chi connectivity index (χ0) is 9.14. The van der Waals surface area contributed by atoms with E-state index in [-0.39, 0.29) is 5.69 Å². The molecule has 0 aromatic carbocycles. The molecule has 1 heterocycles. The minimum absolute atomic E-state index is 0.185. The highest BCUT2D eigenvalue weighted by atomic mass is 16.1. The van der Waals surface area contributed by atoms with Crippen LogP contribution < -0.4 is 16.4 Å². The van der Waals surface area contributed by atoms with Crippen molar-refractivity contribution in [2.75, 3.05) is 0 Å². The molecule has 1 rings (SSSR count). The second-order valence-corrected chi connectivity index (χ2v) is 2.69. The fraction of sp³-hybridized carbons (Fsp3) is 0.222. The van der Waals surface area contributed by atoms with E-state index in [0.29, 0.717) is 0 Å². The Labute approximate surface area is 70.1 Å². The summed E-state index contributed by atoms with van der Waals surface area (Å²) < 4.78 is 0. The Bertz CT molecular complexity index is 448. The van der Waals surface area contributed by atoms with Gasteiger partial charge in [0.1, 0.15) is 0 Å². The van der Waals surface area contributed by atoms with Crippen LogP contribution in [0.4, 0.5) is 0 Å². The van der Waals surface area contributed by atoms with E-state index in [2.05, 4.69) is 16.5 Å². The normalized spacial score (nSPS) is 13.8. The van der Waals surface area contributed by atoms with Gasteiger partial charge in [-0.1, -0.05) is 18.2 Å². The molecule has 0 spiro atoms. The lowest BCUT2D eigenvalue weighted by molar-refractivity contribution is 1.17. The number of allylic oxidation sites excluding steroid dienone is 1. The monoisotopic (exact) mass is 164 g/mol. The number of aromatic amines is 2. The Hall–Kier alpha value is -1.51. The molecule has 0 unspecified atom stereocenters. The average Bonchev–Trinajstić information content (AvgIpc) is 2.29. The molecule has 0 bridgehead atoms. The van der Waals surface area contributed by atoms with Gasteiger partial charge in [0.25, 0.3) is 0 Å². The summed E-state index contributed by atoms with van der Waals surface area (Å²) in [6.07, 6.45) is 3.67. The smallest absolute Gasteiger partial charge is 0.306 e. The van der Waals surface area contributed by atoms with Crippen molar-refractivity contribution in [3.8, 4) is 0 Å². The minimum atomic E-state index is -0.185. The summed E-state index contributed by atoms with van der Waals surface area (Å²) in [4.78, 5) is 16.2. The molecule has 0 atom stereocenters. The van der Waals surface area contributed by atoms with Crippen LogP contribution in [0.2, 0.25) is 0 Å². The number of hydrogen-bond donors (Lipinski definition) is 2. The molecule has 3 heteroatoms. The molecule has 0 aliphatic heterocycles. The molecule has 0 aliphatic rings. The van der Waals surface area contributed by atoms with Crippen LogP contribution in [0.5, 0.6) is 0 Å². The fourth-order valence-corrected chi connectivity index (χ4v) is 0.998. The van der Waals surface area contributed by atoms with E-state index >= 15 is 0 Å². The zero-order valence-electron chi connectivity index (χ0n) is 7.27. The van der Waals surface area contributed by atoms with Crippen LogP contribution in [0.1, 0.15) is 13.8 Å². The number of hydrogen-bond acceptors (Lipinski definition) is 1. The molecule has 3 nitrogen and oxygen atoms in total. The van der Waals surface area contributed by atoms with E-state index in [1.807, 2.05) is 26.0 Å². The first kappa shape index (κ1) is 8.59. The van der Waals surface area contributed by atoms with Crippen molar-refractivity contribution in [2.45, 2.75) is 13.8 Å². The highest BCUT2D eigenvalue weighted by Crippen LogP contribution is 1.83. The van der Waals surface area contributed by atoms with Gasteiger partial charge in [0, 0.05) is 0 Å². The lowest BCUT2D eigenvalue weighted by Gasteiger charge is -1.81. The van der Waals surface area contributed by atoms with Gasteiger partial charge in [0.2, 0.25) is 0 Å². The van der Waals surface area contributed by atoms with Gasteiger partial charge in [0.05, 0.1) is 10.7 Å². The summed E-state index contributed by atoms with van der Waals surface area (Å²) in [5, 5.41) is 1.60. The number of aromatic nitrogens is 2. The molecular weight excluding hydrogens is 152 g/mol. The zero-order valence-corrected chi connectivity index (χ0v) is 7.27. The van der Waals surface area contributed by atoms with Crippen LogP contribution in [-0.4, -0.2) is 9.97 Å². The molecule has 0 fully saturated rings. The summed E-state index contributed by atoms with van der Waals surface area (Å²) in [6, 6.07) is 0. The second-order valence-electron chi connectivity index (χ2n) is 2.69. The highest BCUT2D eigenvalue weighted by Gasteiger charge is 1.88. The summed E-state index contributed by atoms with van der Waals surface area (Å²) in [7, 11) is 0. The number of rotatable bonds is 1. The molecule has 2 N–H and O–H groups in total. The van der Waals surface area contributed by atoms with E-state index in [9.17, 15) is 4.79 Å². The van der Waals surface area contributed by atoms with Crippen LogP contribution >= 0.6 is 0 Å². The molecule has 12 heavy (non-hydrogen) atoms. The van der Waals surface area contributed by atoms with Crippen LogP contribution in [-0.2, 0) is 0 Å². The van der Waals surface area contributed by atoms with Crippen LogP contribution in [0, 0.1) is 0 Å². The van der Waals surface area contributed by atoms with E-state index in [0.717, 1.165) is 16.3 Å². The van der Waals surface area contributed by atoms with Crippen molar-refractivity contribution in [3.05, 3.63) is 33.3 Å². The first-order chi connectivity index (χ1) is 5.63. The molecule has 64 valence electrons. The third-order valence-electron chi connectivity index (χ3n) is 1.47. The van der Waals surface area contributed by atoms with E-state index < -0.39 is 0 Å². The molecule has 1 aromatic rings. The van der Waals surface area contributed by atoms with Gasteiger partial charge in [-0.15, -0.1) is 0 Å². The first-order valence-electron chi connectivity index (χ1n) is 3.75. The summed E-state index contributed by atoms with van der Waals surface area (Å²) in [5.41, 5.74) is 0.726. The van der Waals surface area contributed by atoms with Gasteiger partial charge in [-0.3, -0.25) is 0 Å². The number of H-pyrrole nitrogens is 2. The molecular formula is C9H12N2O. The van der Waals surface area contributed by atoms with Gasteiger partial charge in [0.15, 0.2) is 0 Å². The van der Waals surface area contributed by atoms with Crippen molar-refractivity contribution in [3.63, 3.8) is 0 Å². The Morgan fingerprint density at radius 1 is 1.42 bits per heavy atom. The molecule has 0 radical (unpaired) electrons. The first-order valence-corrected chi connectivity index (χ1v) is 3.75. The molecule has 0 amide bonds. The Morgan fingerprint density at radius 2 is 2.00 bits per heavy atom. The van der Waals surface area contributed by atoms with Crippen molar-refractivity contribution >= 4 is 12.2 Å². The lowest BCUT2D eigenvalue weighted by atomic mass is 10.3. The third-order valence-corrected chi connectivity index (χ3v) is 1.47. The maximum Gasteiger partial charge on any atom is 0.323 e. The number of nitrogens with one attached hydrogen (secondary N) is 2. The van der Waals surface area contributed by atoms with Crippen molar-refractivity contribution in [1.82, 2.24) is 9.97 Å². The van der Waals surface area contributed by atoms with E-state index in [1.54, 1.807) is 0 Å². The summed E-state index contributed by atoms with van der Waals surface area (Å²) in [5.74, 6) is 0. The molecule has 1 aromatic heterocycles. The Balaban J connectivity index is 3.54. The minimum Gasteiger partial charge on any atom is -0.306 e. The highest BCUT2D eigenvalue weighted by molar-refractivity contribution is 5.41. The second kappa shape index (κ2) is 3.26. The lowest BCUT2D eigenvalue weighted by Crippen LogP contribution is -2.23. The van der Waals surface area contributed by atoms with Crippen LogP contribution in [0.15, 0.2) is 16.9 Å². The van der Waals surface area contributed by atoms with Crippen molar-refractivity contribution in [2.24, 2.45) is 0 Å². The Kier molecular flexibility index (Phi) is 2.33. The van der Waals surface area contributed by atoms with Crippen LogP contribution in [0.25, 0.3) is 12.2 Å². The van der Waals surface area contributed by atoms with Crippen molar-refractivity contribution in [1.29, 1.82) is 0 Å². The molecule has 0 saturated carbocycles. The summed E-state index contributed by atoms with van der Waals surface area (Å²) in [6.45, 7) is 7.48. The topological polar surface area (TPSA) is 48.6 Å². The Morgan fingerprint density at radius 3 is 2.50 bits per heavy atom. The standard InChI is InChI=1S/C9H12N2O/c1-4-7-8(5-6(2)3)11-9(12)10-7/h4-5H,2H2,1,3H3,(H2,10,11,12)/b7-4+,8-5+. The van der Waals surface area contributed by atoms with Gasteiger partial charge in [-0.2, -0.15) is 0 Å².